The van der Waals surface area contributed by atoms with Crippen LogP contribution >= 0.6 is 11.8 Å². The maximum atomic E-state index is 13.0. The van der Waals surface area contributed by atoms with Crippen molar-refractivity contribution in [1.29, 1.82) is 0 Å². The molecule has 0 fully saturated rings. The summed E-state index contributed by atoms with van der Waals surface area (Å²) in [7, 11) is 1.47. The summed E-state index contributed by atoms with van der Waals surface area (Å²) < 4.78 is 50.8. The zero-order valence-electron chi connectivity index (χ0n) is 12.1. The normalized spacial score (nSPS) is 18.2. The van der Waals surface area contributed by atoms with Crippen LogP contribution < -0.4 is 5.69 Å². The van der Waals surface area contributed by atoms with Crippen molar-refractivity contribution in [1.82, 2.24) is 9.55 Å². The number of thioether (sulfide) groups is 1. The van der Waals surface area contributed by atoms with E-state index in [2.05, 4.69) is 4.98 Å². The first-order chi connectivity index (χ1) is 10.9. The first kappa shape index (κ1) is 16.3. The van der Waals surface area contributed by atoms with Crippen molar-refractivity contribution in [3.05, 3.63) is 34.4 Å². The van der Waals surface area contributed by atoms with E-state index in [-0.39, 0.29) is 24.8 Å². The third kappa shape index (κ3) is 3.22. The standard InChI is InChI=1S/C14H13F3N2O3S/c1-21-7-22-10-5-19-12-8(4-18-13(19)20)2-9(14(15,16)17)3-11(12)23-6-10/h2-4,10H,5-7H2,1H3. The molecule has 1 aromatic heterocycles. The molecule has 124 valence electrons. The highest BCUT2D eigenvalue weighted by Crippen LogP contribution is 2.37. The molecule has 1 unspecified atom stereocenters. The van der Waals surface area contributed by atoms with E-state index in [1.807, 2.05) is 0 Å². The molecular formula is C14H13F3N2O3S. The molecule has 0 N–H and O–H groups in total. The maximum Gasteiger partial charge on any atom is 0.416 e. The molecule has 0 spiro atoms. The molecule has 2 heterocycles. The van der Waals surface area contributed by atoms with E-state index in [0.29, 0.717) is 16.2 Å². The van der Waals surface area contributed by atoms with Gasteiger partial charge in [-0.1, -0.05) is 0 Å². The van der Waals surface area contributed by atoms with Crippen LogP contribution in [0.25, 0.3) is 10.9 Å². The van der Waals surface area contributed by atoms with Gasteiger partial charge in [0.1, 0.15) is 6.79 Å². The Kier molecular flexibility index (Phi) is 4.35. The Bertz CT molecular complexity index is 791. The van der Waals surface area contributed by atoms with Gasteiger partial charge in [0.05, 0.1) is 23.7 Å². The average molecular weight is 346 g/mol. The third-order valence-corrected chi connectivity index (χ3v) is 4.64. The number of aromatic nitrogens is 2. The smallest absolute Gasteiger partial charge is 0.359 e. The summed E-state index contributed by atoms with van der Waals surface area (Å²) in [6.07, 6.45) is -3.62. The predicted octanol–water partition coefficient (Wildman–Crippen LogP) is 2.51. The second-order valence-electron chi connectivity index (χ2n) is 5.07. The lowest BCUT2D eigenvalue weighted by Gasteiger charge is -2.15. The molecule has 0 aliphatic carbocycles. The van der Waals surface area contributed by atoms with E-state index >= 15 is 0 Å². The SMILES string of the molecule is COCOC1CSc2cc(C(F)(F)F)cc3cnc(=O)n(c23)C1. The molecule has 0 saturated heterocycles. The fourth-order valence-electron chi connectivity index (χ4n) is 2.45. The molecule has 1 aromatic carbocycles. The van der Waals surface area contributed by atoms with Crippen LogP contribution in [0.5, 0.6) is 0 Å². The quantitative estimate of drug-likeness (QED) is 0.800. The molecule has 0 bridgehead atoms. The highest BCUT2D eigenvalue weighted by Gasteiger charge is 2.32. The monoisotopic (exact) mass is 346 g/mol. The average Bonchev–Trinajstić information content (AvgIpc) is 2.69. The predicted molar refractivity (Wildman–Crippen MR) is 78.5 cm³/mol. The van der Waals surface area contributed by atoms with Crippen molar-refractivity contribution in [2.24, 2.45) is 0 Å². The molecular weight excluding hydrogens is 333 g/mol. The summed E-state index contributed by atoms with van der Waals surface area (Å²) in [5.74, 6) is 0.418. The lowest BCUT2D eigenvalue weighted by molar-refractivity contribution is -0.137. The molecule has 23 heavy (non-hydrogen) atoms. The van der Waals surface area contributed by atoms with Crippen molar-refractivity contribution in [2.75, 3.05) is 19.7 Å². The van der Waals surface area contributed by atoms with E-state index in [0.717, 1.165) is 12.1 Å². The Labute approximate surface area is 133 Å². The highest BCUT2D eigenvalue weighted by atomic mass is 32.2. The third-order valence-electron chi connectivity index (χ3n) is 3.48. The summed E-state index contributed by atoms with van der Waals surface area (Å²) in [5, 5.41) is 0.286. The summed E-state index contributed by atoms with van der Waals surface area (Å²) >= 11 is 1.23. The minimum atomic E-state index is -4.45. The van der Waals surface area contributed by atoms with Crippen LogP contribution in [0.15, 0.2) is 28.0 Å². The van der Waals surface area contributed by atoms with Gasteiger partial charge in [-0.2, -0.15) is 13.2 Å². The van der Waals surface area contributed by atoms with Gasteiger partial charge in [-0.3, -0.25) is 4.57 Å². The van der Waals surface area contributed by atoms with E-state index in [1.165, 1.54) is 29.6 Å². The van der Waals surface area contributed by atoms with Gasteiger partial charge in [0.25, 0.3) is 0 Å². The van der Waals surface area contributed by atoms with Crippen LogP contribution in [0.3, 0.4) is 0 Å². The molecule has 1 atom stereocenters. The summed E-state index contributed by atoms with van der Waals surface area (Å²) in [6, 6.07) is 2.08. The number of alkyl halides is 3. The number of hydrogen-bond acceptors (Lipinski definition) is 5. The number of hydrogen-bond donors (Lipinski definition) is 0. The zero-order valence-corrected chi connectivity index (χ0v) is 12.9. The van der Waals surface area contributed by atoms with Crippen LogP contribution in [-0.2, 0) is 22.2 Å². The first-order valence-corrected chi connectivity index (χ1v) is 7.73. The minimum absolute atomic E-state index is 0.0491. The minimum Gasteiger partial charge on any atom is -0.359 e. The van der Waals surface area contributed by atoms with Gasteiger partial charge < -0.3 is 9.47 Å². The van der Waals surface area contributed by atoms with Crippen LogP contribution in [0.4, 0.5) is 13.2 Å². The number of rotatable bonds is 3. The van der Waals surface area contributed by atoms with Crippen LogP contribution in [0, 0.1) is 0 Å². The molecule has 0 radical (unpaired) electrons. The second kappa shape index (κ2) is 6.14. The lowest BCUT2D eigenvalue weighted by Crippen LogP contribution is -2.30. The Morgan fingerprint density at radius 3 is 2.91 bits per heavy atom. The van der Waals surface area contributed by atoms with Crippen LogP contribution in [0.2, 0.25) is 0 Å². The Morgan fingerprint density at radius 2 is 2.22 bits per heavy atom. The first-order valence-electron chi connectivity index (χ1n) is 6.74. The van der Waals surface area contributed by atoms with Crippen molar-refractivity contribution in [3.8, 4) is 0 Å². The van der Waals surface area contributed by atoms with E-state index in [9.17, 15) is 18.0 Å². The molecule has 1 aliphatic rings. The van der Waals surface area contributed by atoms with Gasteiger partial charge in [-0.05, 0) is 12.1 Å². The fraction of sp³-hybridized carbons (Fsp3) is 0.429. The van der Waals surface area contributed by atoms with Crippen molar-refractivity contribution < 1.29 is 22.6 Å². The second-order valence-corrected chi connectivity index (χ2v) is 6.13. The summed E-state index contributed by atoms with van der Waals surface area (Å²) in [4.78, 5) is 16.1. The molecule has 0 saturated carbocycles. The molecule has 9 heteroatoms. The van der Waals surface area contributed by atoms with Crippen LogP contribution in [0.1, 0.15) is 5.56 Å². The number of halogens is 3. The Hall–Kier alpha value is -1.58. The van der Waals surface area contributed by atoms with Gasteiger partial charge in [0.2, 0.25) is 0 Å². The van der Waals surface area contributed by atoms with E-state index < -0.39 is 17.4 Å². The molecule has 3 rings (SSSR count). The van der Waals surface area contributed by atoms with Gasteiger partial charge >= 0.3 is 11.9 Å². The highest BCUT2D eigenvalue weighted by molar-refractivity contribution is 7.99. The van der Waals surface area contributed by atoms with Gasteiger partial charge in [0.15, 0.2) is 0 Å². The number of benzene rings is 1. The number of methoxy groups -OCH3 is 1. The summed E-state index contributed by atoms with van der Waals surface area (Å²) in [6.45, 7) is 0.269. The van der Waals surface area contributed by atoms with Crippen molar-refractivity contribution in [3.63, 3.8) is 0 Å². The maximum absolute atomic E-state index is 13.0. The molecule has 0 amide bonds. The van der Waals surface area contributed by atoms with Crippen molar-refractivity contribution in [2.45, 2.75) is 23.7 Å². The Balaban J connectivity index is 2.14. The molecule has 1 aliphatic heterocycles. The van der Waals surface area contributed by atoms with Gasteiger partial charge in [-0.15, -0.1) is 11.8 Å². The topological polar surface area (TPSA) is 53.4 Å². The van der Waals surface area contributed by atoms with Crippen LogP contribution in [-0.4, -0.2) is 35.3 Å². The van der Waals surface area contributed by atoms with Gasteiger partial charge in [0, 0.05) is 29.3 Å². The summed E-state index contributed by atoms with van der Waals surface area (Å²) in [5.41, 5.74) is -0.797. The largest absolute Gasteiger partial charge is 0.416 e. The number of nitrogens with zero attached hydrogens (tertiary/aromatic N) is 2. The van der Waals surface area contributed by atoms with E-state index in [4.69, 9.17) is 9.47 Å². The fourth-order valence-corrected chi connectivity index (χ4v) is 3.60. The van der Waals surface area contributed by atoms with E-state index in [1.54, 1.807) is 0 Å². The lowest BCUT2D eigenvalue weighted by atomic mass is 10.1. The Morgan fingerprint density at radius 1 is 1.43 bits per heavy atom. The van der Waals surface area contributed by atoms with Gasteiger partial charge in [-0.25, -0.2) is 9.78 Å². The molecule has 5 nitrogen and oxygen atoms in total. The number of ether oxygens (including phenoxy) is 2. The zero-order chi connectivity index (χ0) is 16.6. The van der Waals surface area contributed by atoms with Crippen molar-refractivity contribution >= 4 is 22.7 Å². The molecule has 2 aromatic rings.